The number of rotatable bonds is 2. The third kappa shape index (κ3) is 2.41. The third-order valence-corrected chi connectivity index (χ3v) is 7.95. The molecule has 18 heavy (non-hydrogen) atoms. The van der Waals surface area contributed by atoms with Gasteiger partial charge in [-0.05, 0) is 25.1 Å². The predicted molar refractivity (Wildman–Crippen MR) is 75.5 cm³/mol. The van der Waals surface area contributed by atoms with E-state index in [0.717, 1.165) is 17.1 Å². The smallest absolute Gasteiger partial charge is 0.250 e. The third-order valence-electron chi connectivity index (χ3n) is 3.59. The summed E-state index contributed by atoms with van der Waals surface area (Å²) < 4.78 is 7.97. The van der Waals surface area contributed by atoms with Crippen LogP contribution >= 0.6 is 0 Å². The van der Waals surface area contributed by atoms with Crippen LogP contribution in [0.1, 0.15) is 26.5 Å². The van der Waals surface area contributed by atoms with Crippen molar-refractivity contribution in [2.45, 2.75) is 45.8 Å². The SMILES string of the molecule is Cc1cc2ncc(O[Si](C)(C)C(C)(C)C)cn2n1. The second-order valence-corrected chi connectivity index (χ2v) is 11.0. The zero-order valence-corrected chi connectivity index (χ0v) is 13.0. The molecule has 0 aliphatic heterocycles. The summed E-state index contributed by atoms with van der Waals surface area (Å²) in [5.74, 6) is 0.803. The summed E-state index contributed by atoms with van der Waals surface area (Å²) in [6.45, 7) is 13.1. The molecule has 2 aromatic heterocycles. The molecule has 0 amide bonds. The quantitative estimate of drug-likeness (QED) is 0.779. The van der Waals surface area contributed by atoms with Gasteiger partial charge in [-0.3, -0.25) is 0 Å². The van der Waals surface area contributed by atoms with Gasteiger partial charge in [0.05, 0.1) is 18.1 Å². The van der Waals surface area contributed by atoms with Crippen molar-refractivity contribution in [3.05, 3.63) is 24.2 Å². The van der Waals surface area contributed by atoms with E-state index >= 15 is 0 Å². The van der Waals surface area contributed by atoms with E-state index in [1.807, 2.05) is 19.2 Å². The van der Waals surface area contributed by atoms with E-state index in [4.69, 9.17) is 4.43 Å². The van der Waals surface area contributed by atoms with E-state index in [2.05, 4.69) is 43.9 Å². The van der Waals surface area contributed by atoms with E-state index in [9.17, 15) is 0 Å². The van der Waals surface area contributed by atoms with E-state index < -0.39 is 8.32 Å². The summed E-state index contributed by atoms with van der Waals surface area (Å²) in [6, 6.07) is 1.95. The van der Waals surface area contributed by atoms with Gasteiger partial charge in [-0.2, -0.15) is 5.10 Å². The van der Waals surface area contributed by atoms with Gasteiger partial charge in [-0.1, -0.05) is 20.8 Å². The van der Waals surface area contributed by atoms with Crippen LogP contribution in [0.5, 0.6) is 5.75 Å². The van der Waals surface area contributed by atoms with Gasteiger partial charge < -0.3 is 4.43 Å². The Morgan fingerprint density at radius 3 is 2.56 bits per heavy atom. The molecule has 0 atom stereocenters. The number of aryl methyl sites for hydroxylation is 1. The Morgan fingerprint density at radius 1 is 1.28 bits per heavy atom. The minimum atomic E-state index is -1.81. The predicted octanol–water partition coefficient (Wildman–Crippen LogP) is 3.42. The topological polar surface area (TPSA) is 39.4 Å². The summed E-state index contributed by atoms with van der Waals surface area (Å²) in [7, 11) is -1.81. The average molecular weight is 263 g/mol. The maximum Gasteiger partial charge on any atom is 0.250 e. The number of aromatic nitrogens is 3. The molecule has 0 aliphatic carbocycles. The van der Waals surface area contributed by atoms with Crippen molar-refractivity contribution in [3.63, 3.8) is 0 Å². The minimum absolute atomic E-state index is 0.183. The summed E-state index contributed by atoms with van der Waals surface area (Å²) in [4.78, 5) is 4.37. The molecule has 0 bridgehead atoms. The number of nitrogens with zero attached hydrogens (tertiary/aromatic N) is 3. The lowest BCUT2D eigenvalue weighted by molar-refractivity contribution is 0.486. The highest BCUT2D eigenvalue weighted by atomic mass is 28.4. The number of hydrogen-bond donors (Lipinski definition) is 0. The van der Waals surface area contributed by atoms with E-state index in [1.54, 1.807) is 10.7 Å². The maximum atomic E-state index is 6.20. The van der Waals surface area contributed by atoms with Crippen molar-refractivity contribution in [2.75, 3.05) is 0 Å². The monoisotopic (exact) mass is 263 g/mol. The van der Waals surface area contributed by atoms with Crippen LogP contribution in [0, 0.1) is 6.92 Å². The van der Waals surface area contributed by atoms with Crippen LogP contribution in [0.3, 0.4) is 0 Å². The van der Waals surface area contributed by atoms with Gasteiger partial charge in [0, 0.05) is 6.07 Å². The molecule has 4 nitrogen and oxygen atoms in total. The molecule has 5 heteroatoms. The molecule has 0 N–H and O–H groups in total. The van der Waals surface area contributed by atoms with E-state index in [-0.39, 0.29) is 5.04 Å². The van der Waals surface area contributed by atoms with Crippen LogP contribution < -0.4 is 4.43 Å². The first-order valence-corrected chi connectivity index (χ1v) is 9.11. The van der Waals surface area contributed by atoms with Crippen LogP contribution in [-0.2, 0) is 0 Å². The Labute approximate surface area is 109 Å². The van der Waals surface area contributed by atoms with Gasteiger partial charge in [0.1, 0.15) is 5.75 Å². The fraction of sp³-hybridized carbons (Fsp3) is 0.538. The lowest BCUT2D eigenvalue weighted by atomic mass is 10.2. The molecule has 0 aliphatic rings. The molecule has 2 heterocycles. The highest BCUT2D eigenvalue weighted by molar-refractivity contribution is 6.74. The molecule has 0 spiro atoms. The van der Waals surface area contributed by atoms with Gasteiger partial charge in [0.15, 0.2) is 5.65 Å². The van der Waals surface area contributed by atoms with Gasteiger partial charge in [0.25, 0.3) is 8.32 Å². The lowest BCUT2D eigenvalue weighted by Crippen LogP contribution is -2.43. The highest BCUT2D eigenvalue weighted by Crippen LogP contribution is 2.37. The molecular formula is C13H21N3OSi. The van der Waals surface area contributed by atoms with Crippen LogP contribution in [0.15, 0.2) is 18.5 Å². The van der Waals surface area contributed by atoms with Crippen molar-refractivity contribution < 1.29 is 4.43 Å². The summed E-state index contributed by atoms with van der Waals surface area (Å²) >= 11 is 0. The molecule has 0 aromatic carbocycles. The first kappa shape index (κ1) is 13.1. The van der Waals surface area contributed by atoms with Gasteiger partial charge >= 0.3 is 0 Å². The number of hydrogen-bond acceptors (Lipinski definition) is 3. The zero-order valence-electron chi connectivity index (χ0n) is 12.0. The molecule has 0 unspecified atom stereocenters. The van der Waals surface area contributed by atoms with Crippen LogP contribution in [0.25, 0.3) is 5.65 Å². The van der Waals surface area contributed by atoms with E-state index in [1.165, 1.54) is 0 Å². The van der Waals surface area contributed by atoms with Crippen LogP contribution in [0.2, 0.25) is 18.1 Å². The minimum Gasteiger partial charge on any atom is -0.541 e. The standard InChI is InChI=1S/C13H21N3OSi/c1-10-7-12-14-8-11(9-16(12)15-10)17-18(5,6)13(2,3)4/h7-9H,1-6H3. The second kappa shape index (κ2) is 4.09. The molecule has 2 rings (SSSR count). The van der Waals surface area contributed by atoms with Crippen LogP contribution in [0.4, 0.5) is 0 Å². The largest absolute Gasteiger partial charge is 0.541 e. The van der Waals surface area contributed by atoms with Crippen molar-refractivity contribution in [1.29, 1.82) is 0 Å². The second-order valence-electron chi connectivity index (χ2n) is 6.24. The van der Waals surface area contributed by atoms with Crippen molar-refractivity contribution >= 4 is 14.0 Å². The molecule has 0 saturated carbocycles. The zero-order chi connectivity index (χ0) is 13.6. The lowest BCUT2D eigenvalue weighted by Gasteiger charge is -2.36. The maximum absolute atomic E-state index is 6.20. The first-order chi connectivity index (χ1) is 8.19. The summed E-state index contributed by atoms with van der Waals surface area (Å²) in [5, 5.41) is 4.54. The van der Waals surface area contributed by atoms with Gasteiger partial charge in [-0.15, -0.1) is 0 Å². The van der Waals surface area contributed by atoms with Crippen LogP contribution in [-0.4, -0.2) is 22.9 Å². The molecule has 0 saturated heterocycles. The number of fused-ring (bicyclic) bond motifs is 1. The van der Waals surface area contributed by atoms with Gasteiger partial charge in [-0.25, -0.2) is 9.50 Å². The molecular weight excluding hydrogens is 242 g/mol. The van der Waals surface area contributed by atoms with Crippen molar-refractivity contribution in [1.82, 2.24) is 14.6 Å². The fourth-order valence-corrected chi connectivity index (χ4v) is 2.48. The first-order valence-electron chi connectivity index (χ1n) is 6.20. The van der Waals surface area contributed by atoms with Gasteiger partial charge in [0.2, 0.25) is 0 Å². The van der Waals surface area contributed by atoms with E-state index in [0.29, 0.717) is 0 Å². The average Bonchev–Trinajstić information content (AvgIpc) is 2.54. The molecule has 2 aromatic rings. The molecule has 0 radical (unpaired) electrons. The summed E-state index contributed by atoms with van der Waals surface area (Å²) in [5.41, 5.74) is 1.82. The Balaban J connectivity index is 2.32. The summed E-state index contributed by atoms with van der Waals surface area (Å²) in [6.07, 6.45) is 3.70. The Kier molecular flexibility index (Phi) is 2.97. The molecule has 98 valence electrons. The van der Waals surface area contributed by atoms with Crippen molar-refractivity contribution in [2.24, 2.45) is 0 Å². The Morgan fingerprint density at radius 2 is 1.94 bits per heavy atom. The highest BCUT2D eigenvalue weighted by Gasteiger charge is 2.39. The fourth-order valence-electron chi connectivity index (χ4n) is 1.48. The Bertz CT molecular complexity index is 569. The Hall–Kier alpha value is -1.36. The normalized spacial score (nSPS) is 13.0. The van der Waals surface area contributed by atoms with Crippen molar-refractivity contribution in [3.8, 4) is 5.75 Å². The molecule has 0 fully saturated rings.